The highest BCUT2D eigenvalue weighted by molar-refractivity contribution is 5.87. The van der Waals surface area contributed by atoms with Gasteiger partial charge in [-0.3, -0.25) is 0 Å². The molecule has 17 heavy (non-hydrogen) atoms. The van der Waals surface area contributed by atoms with E-state index in [0.717, 1.165) is 12.8 Å². The minimum Gasteiger partial charge on any atom is -0.491 e. The average Bonchev–Trinajstić information content (AvgIpc) is 2.38. The van der Waals surface area contributed by atoms with E-state index < -0.39 is 5.97 Å². The van der Waals surface area contributed by atoms with Crippen LogP contribution in [0.4, 0.5) is 0 Å². The third kappa shape index (κ3) is 3.58. The Bertz CT molecular complexity index is 382. The van der Waals surface area contributed by atoms with Crippen LogP contribution in [0.15, 0.2) is 6.07 Å². The fourth-order valence-electron chi connectivity index (χ4n) is 1.13. The number of methoxy groups -OCH3 is 2. The molecular formula is C11H16N2O4. The molecule has 0 aromatic carbocycles. The second-order valence-corrected chi connectivity index (χ2v) is 3.30. The molecule has 0 saturated carbocycles. The van der Waals surface area contributed by atoms with E-state index in [9.17, 15) is 4.79 Å². The summed E-state index contributed by atoms with van der Waals surface area (Å²) in [6, 6.07) is 1.44. The molecule has 0 radical (unpaired) electrons. The van der Waals surface area contributed by atoms with Crippen LogP contribution in [0.2, 0.25) is 0 Å². The number of aromatic nitrogens is 2. The van der Waals surface area contributed by atoms with Crippen molar-refractivity contribution < 1.29 is 19.0 Å². The number of nitrogens with zero attached hydrogens (tertiary/aromatic N) is 2. The molecule has 0 fully saturated rings. The summed E-state index contributed by atoms with van der Waals surface area (Å²) in [6.07, 6.45) is 1.94. The van der Waals surface area contributed by atoms with Crippen molar-refractivity contribution in [3.05, 3.63) is 11.8 Å². The smallest absolute Gasteiger partial charge is 0.358 e. The van der Waals surface area contributed by atoms with Gasteiger partial charge in [-0.15, -0.1) is 10.2 Å². The average molecular weight is 240 g/mol. The van der Waals surface area contributed by atoms with E-state index in [0.29, 0.717) is 12.4 Å². The Kier molecular flexibility index (Phi) is 5.19. The third-order valence-electron chi connectivity index (χ3n) is 2.08. The Morgan fingerprint density at radius 2 is 2.12 bits per heavy atom. The van der Waals surface area contributed by atoms with Crippen molar-refractivity contribution in [1.82, 2.24) is 10.2 Å². The maximum absolute atomic E-state index is 11.2. The number of esters is 1. The van der Waals surface area contributed by atoms with Crippen LogP contribution in [-0.4, -0.2) is 37.0 Å². The molecule has 6 nitrogen and oxygen atoms in total. The second-order valence-electron chi connectivity index (χ2n) is 3.30. The molecule has 0 spiro atoms. The van der Waals surface area contributed by atoms with Crippen molar-refractivity contribution >= 4 is 5.97 Å². The molecule has 0 aliphatic rings. The number of carbonyl (C=O) groups excluding carboxylic acids is 1. The van der Waals surface area contributed by atoms with Crippen LogP contribution in [0.5, 0.6) is 11.6 Å². The molecule has 1 aromatic heterocycles. The number of hydrogen-bond donors (Lipinski definition) is 0. The van der Waals surface area contributed by atoms with Crippen LogP contribution in [0.3, 0.4) is 0 Å². The van der Waals surface area contributed by atoms with Gasteiger partial charge in [0.1, 0.15) is 0 Å². The Morgan fingerprint density at radius 1 is 1.35 bits per heavy atom. The van der Waals surface area contributed by atoms with Crippen LogP contribution in [0.25, 0.3) is 0 Å². The van der Waals surface area contributed by atoms with Crippen LogP contribution in [-0.2, 0) is 4.74 Å². The summed E-state index contributed by atoms with van der Waals surface area (Å²) in [5.41, 5.74) is 0.0900. The molecule has 0 atom stereocenters. The monoisotopic (exact) mass is 240 g/mol. The Labute approximate surface area is 99.9 Å². The lowest BCUT2D eigenvalue weighted by molar-refractivity contribution is 0.0591. The molecule has 1 rings (SSSR count). The fraction of sp³-hybridized carbons (Fsp3) is 0.545. The van der Waals surface area contributed by atoms with E-state index in [4.69, 9.17) is 9.47 Å². The zero-order valence-corrected chi connectivity index (χ0v) is 10.2. The summed E-state index contributed by atoms with van der Waals surface area (Å²) in [6.45, 7) is 2.60. The zero-order chi connectivity index (χ0) is 12.7. The van der Waals surface area contributed by atoms with Gasteiger partial charge in [-0.1, -0.05) is 13.3 Å². The predicted octanol–water partition coefficient (Wildman–Crippen LogP) is 1.45. The SMILES string of the molecule is CCCCOc1nnc(C(=O)OC)cc1OC. The van der Waals surface area contributed by atoms with Gasteiger partial charge in [-0.2, -0.15) is 0 Å². The summed E-state index contributed by atoms with van der Waals surface area (Å²) in [7, 11) is 2.76. The molecule has 94 valence electrons. The maximum atomic E-state index is 11.2. The molecule has 0 unspecified atom stereocenters. The van der Waals surface area contributed by atoms with Crippen molar-refractivity contribution in [3.8, 4) is 11.6 Å². The van der Waals surface area contributed by atoms with Gasteiger partial charge in [0.2, 0.25) is 0 Å². The zero-order valence-electron chi connectivity index (χ0n) is 10.2. The van der Waals surface area contributed by atoms with E-state index in [1.807, 2.05) is 0 Å². The first-order chi connectivity index (χ1) is 8.22. The minimum atomic E-state index is -0.559. The van der Waals surface area contributed by atoms with Crippen molar-refractivity contribution in [2.24, 2.45) is 0 Å². The van der Waals surface area contributed by atoms with E-state index in [1.165, 1.54) is 20.3 Å². The highest BCUT2D eigenvalue weighted by Gasteiger charge is 2.14. The highest BCUT2D eigenvalue weighted by atomic mass is 16.5. The molecule has 0 bridgehead atoms. The van der Waals surface area contributed by atoms with Gasteiger partial charge in [-0.25, -0.2) is 4.79 Å². The van der Waals surface area contributed by atoms with Crippen molar-refractivity contribution in [2.45, 2.75) is 19.8 Å². The Balaban J connectivity index is 2.81. The van der Waals surface area contributed by atoms with Crippen molar-refractivity contribution in [1.29, 1.82) is 0 Å². The maximum Gasteiger partial charge on any atom is 0.358 e. The summed E-state index contributed by atoms with van der Waals surface area (Å²) < 4.78 is 15.0. The van der Waals surface area contributed by atoms with Gasteiger partial charge in [0.05, 0.1) is 20.8 Å². The highest BCUT2D eigenvalue weighted by Crippen LogP contribution is 2.24. The van der Waals surface area contributed by atoms with Crippen LogP contribution in [0, 0.1) is 0 Å². The van der Waals surface area contributed by atoms with Gasteiger partial charge in [0, 0.05) is 6.07 Å². The fourth-order valence-corrected chi connectivity index (χ4v) is 1.13. The largest absolute Gasteiger partial charge is 0.491 e. The molecule has 0 aliphatic carbocycles. The first-order valence-corrected chi connectivity index (χ1v) is 5.35. The van der Waals surface area contributed by atoms with E-state index >= 15 is 0 Å². The minimum absolute atomic E-state index is 0.0900. The van der Waals surface area contributed by atoms with Crippen LogP contribution >= 0.6 is 0 Å². The topological polar surface area (TPSA) is 70.5 Å². The van der Waals surface area contributed by atoms with Crippen molar-refractivity contribution in [2.75, 3.05) is 20.8 Å². The third-order valence-corrected chi connectivity index (χ3v) is 2.08. The van der Waals surface area contributed by atoms with Gasteiger partial charge in [0.25, 0.3) is 5.88 Å². The number of carbonyl (C=O) groups is 1. The number of ether oxygens (including phenoxy) is 3. The standard InChI is InChI=1S/C11H16N2O4/c1-4-5-6-17-10-9(15-2)7-8(12-13-10)11(14)16-3/h7H,4-6H2,1-3H3. The van der Waals surface area contributed by atoms with Crippen LogP contribution < -0.4 is 9.47 Å². The van der Waals surface area contributed by atoms with E-state index in [2.05, 4.69) is 21.9 Å². The molecular weight excluding hydrogens is 224 g/mol. The molecule has 0 amide bonds. The summed E-state index contributed by atoms with van der Waals surface area (Å²) in [5.74, 6) is 0.0982. The quantitative estimate of drug-likeness (QED) is 0.553. The molecule has 1 heterocycles. The lowest BCUT2D eigenvalue weighted by atomic mass is 10.3. The molecule has 0 N–H and O–H groups in total. The lowest BCUT2D eigenvalue weighted by Gasteiger charge is -2.08. The van der Waals surface area contributed by atoms with Gasteiger partial charge in [0.15, 0.2) is 11.4 Å². The normalized spacial score (nSPS) is 9.82. The Hall–Kier alpha value is -1.85. The Morgan fingerprint density at radius 3 is 2.71 bits per heavy atom. The number of hydrogen-bond acceptors (Lipinski definition) is 6. The lowest BCUT2D eigenvalue weighted by Crippen LogP contribution is -2.08. The van der Waals surface area contributed by atoms with Gasteiger partial charge >= 0.3 is 5.97 Å². The van der Waals surface area contributed by atoms with E-state index in [-0.39, 0.29) is 11.6 Å². The summed E-state index contributed by atoms with van der Waals surface area (Å²) in [4.78, 5) is 11.2. The molecule has 0 aliphatic heterocycles. The summed E-state index contributed by atoms with van der Waals surface area (Å²) >= 11 is 0. The van der Waals surface area contributed by atoms with Crippen LogP contribution in [0.1, 0.15) is 30.3 Å². The molecule has 6 heteroatoms. The molecule has 1 aromatic rings. The van der Waals surface area contributed by atoms with E-state index in [1.54, 1.807) is 0 Å². The predicted molar refractivity (Wildman–Crippen MR) is 60.3 cm³/mol. The molecule has 0 saturated heterocycles. The van der Waals surface area contributed by atoms with Crippen molar-refractivity contribution in [3.63, 3.8) is 0 Å². The van der Waals surface area contributed by atoms with Gasteiger partial charge < -0.3 is 14.2 Å². The number of rotatable bonds is 6. The summed E-state index contributed by atoms with van der Waals surface area (Å²) in [5, 5.41) is 7.50. The number of unbranched alkanes of at least 4 members (excludes halogenated alkanes) is 1. The first kappa shape index (κ1) is 13.2. The first-order valence-electron chi connectivity index (χ1n) is 5.35. The second kappa shape index (κ2) is 6.67. The van der Waals surface area contributed by atoms with Gasteiger partial charge in [-0.05, 0) is 6.42 Å².